The van der Waals surface area contributed by atoms with Crippen molar-refractivity contribution in [2.24, 2.45) is 5.41 Å². The van der Waals surface area contributed by atoms with Crippen molar-refractivity contribution in [1.82, 2.24) is 0 Å². The molecule has 0 aromatic carbocycles. The monoisotopic (exact) mass is 269 g/mol. The second-order valence-corrected chi connectivity index (χ2v) is 5.80. The fourth-order valence-electron chi connectivity index (χ4n) is 2.57. The molecular weight excluding hydrogens is 254 g/mol. The number of anilines is 1. The van der Waals surface area contributed by atoms with Crippen LogP contribution >= 0.6 is 11.3 Å². The van der Waals surface area contributed by atoms with Gasteiger partial charge in [-0.15, -0.1) is 11.3 Å². The number of nitrogen functional groups attached to an aromatic ring is 1. The molecule has 0 saturated heterocycles. The van der Waals surface area contributed by atoms with Gasteiger partial charge in [0.25, 0.3) is 0 Å². The van der Waals surface area contributed by atoms with Gasteiger partial charge < -0.3 is 15.9 Å². The van der Waals surface area contributed by atoms with Crippen LogP contribution in [-0.4, -0.2) is 22.2 Å². The summed E-state index contributed by atoms with van der Waals surface area (Å²) >= 11 is 1.21. The molecule has 1 atom stereocenters. The first-order valence-corrected chi connectivity index (χ1v) is 6.59. The van der Waals surface area contributed by atoms with Gasteiger partial charge in [-0.1, -0.05) is 6.92 Å². The molecule has 4 N–H and O–H groups in total. The second kappa shape index (κ2) is 4.28. The summed E-state index contributed by atoms with van der Waals surface area (Å²) in [4.78, 5) is 23.3. The maximum atomic E-state index is 11.4. The molecule has 0 spiro atoms. The van der Waals surface area contributed by atoms with E-state index in [0.29, 0.717) is 25.7 Å². The zero-order chi connectivity index (χ0) is 13.5. The van der Waals surface area contributed by atoms with Crippen LogP contribution in [0, 0.1) is 5.41 Å². The summed E-state index contributed by atoms with van der Waals surface area (Å²) in [6, 6.07) is 0. The summed E-state index contributed by atoms with van der Waals surface area (Å²) in [5.74, 6) is -1.83. The largest absolute Gasteiger partial charge is 0.481 e. The first-order valence-electron chi connectivity index (χ1n) is 5.78. The molecule has 0 bridgehead atoms. The number of aromatic carboxylic acids is 1. The van der Waals surface area contributed by atoms with Crippen LogP contribution in [-0.2, 0) is 17.6 Å². The summed E-state index contributed by atoms with van der Waals surface area (Å²) in [6.07, 6.45) is 1.88. The molecule has 0 aliphatic heterocycles. The number of hydrogen-bond acceptors (Lipinski definition) is 4. The first kappa shape index (κ1) is 12.9. The van der Waals surface area contributed by atoms with Crippen LogP contribution in [0.5, 0.6) is 0 Å². The normalized spacial score (nSPS) is 22.5. The van der Waals surface area contributed by atoms with Gasteiger partial charge >= 0.3 is 11.9 Å². The van der Waals surface area contributed by atoms with Gasteiger partial charge in [-0.3, -0.25) is 4.79 Å². The van der Waals surface area contributed by atoms with Crippen molar-refractivity contribution in [3.8, 4) is 0 Å². The molecule has 6 heteroatoms. The van der Waals surface area contributed by atoms with Crippen molar-refractivity contribution in [1.29, 1.82) is 0 Å². The van der Waals surface area contributed by atoms with E-state index < -0.39 is 17.4 Å². The first-order chi connectivity index (χ1) is 8.41. The van der Waals surface area contributed by atoms with Crippen LogP contribution in [0.25, 0.3) is 0 Å². The van der Waals surface area contributed by atoms with Crippen LogP contribution in [0.2, 0.25) is 0 Å². The summed E-state index contributed by atoms with van der Waals surface area (Å²) in [5.41, 5.74) is 5.86. The minimum absolute atomic E-state index is 0.171. The van der Waals surface area contributed by atoms with Crippen LogP contribution in [0.3, 0.4) is 0 Å². The Morgan fingerprint density at radius 2 is 2.11 bits per heavy atom. The third-order valence-corrected chi connectivity index (χ3v) is 4.88. The minimum atomic E-state index is -1.02. The lowest BCUT2D eigenvalue weighted by atomic mass is 9.72. The highest BCUT2D eigenvalue weighted by Gasteiger charge is 2.42. The average Bonchev–Trinajstić information content (AvgIpc) is 2.62. The van der Waals surface area contributed by atoms with E-state index in [2.05, 4.69) is 0 Å². The third-order valence-electron chi connectivity index (χ3n) is 3.81. The number of nitrogens with two attached hydrogens (primary N) is 1. The Morgan fingerprint density at radius 3 is 2.61 bits per heavy atom. The van der Waals surface area contributed by atoms with Crippen LogP contribution in [0.15, 0.2) is 0 Å². The fourth-order valence-corrected chi connectivity index (χ4v) is 3.82. The lowest BCUT2D eigenvalue weighted by molar-refractivity contribution is -0.149. The molecule has 0 amide bonds. The zero-order valence-electron chi connectivity index (χ0n) is 10.0. The van der Waals surface area contributed by atoms with Crippen LogP contribution in [0.4, 0.5) is 5.00 Å². The molecule has 0 saturated carbocycles. The number of carbonyl (C=O) groups is 2. The van der Waals surface area contributed by atoms with Crippen molar-refractivity contribution >= 4 is 28.3 Å². The summed E-state index contributed by atoms with van der Waals surface area (Å²) in [6.45, 7) is 1.86. The average molecular weight is 269 g/mol. The Bertz CT molecular complexity index is 522. The van der Waals surface area contributed by atoms with Gasteiger partial charge in [0.05, 0.1) is 11.0 Å². The topological polar surface area (TPSA) is 101 Å². The molecule has 1 aromatic rings. The highest BCUT2D eigenvalue weighted by molar-refractivity contribution is 7.16. The highest BCUT2D eigenvalue weighted by atomic mass is 32.1. The standard InChI is InChI=1S/C12H15NO4S/c1-2-12(11(16)17)4-3-6-7(5-12)18-9(13)8(6)10(14)15/h2-5,13H2,1H3,(H,14,15)(H,16,17). The lowest BCUT2D eigenvalue weighted by Crippen LogP contribution is -2.36. The highest BCUT2D eigenvalue weighted by Crippen LogP contribution is 2.44. The van der Waals surface area contributed by atoms with E-state index in [-0.39, 0.29) is 10.6 Å². The van der Waals surface area contributed by atoms with Crippen LogP contribution in [0.1, 0.15) is 40.6 Å². The number of fused-ring (bicyclic) bond motifs is 1. The molecule has 18 heavy (non-hydrogen) atoms. The van der Waals surface area contributed by atoms with Crippen molar-refractivity contribution in [3.63, 3.8) is 0 Å². The quantitative estimate of drug-likeness (QED) is 0.779. The van der Waals surface area contributed by atoms with Crippen molar-refractivity contribution in [2.45, 2.75) is 32.6 Å². The predicted octanol–water partition coefficient (Wildman–Crippen LogP) is 2.00. The molecule has 1 heterocycles. The van der Waals surface area contributed by atoms with Gasteiger partial charge in [0.15, 0.2) is 0 Å². The van der Waals surface area contributed by atoms with E-state index in [1.54, 1.807) is 0 Å². The summed E-state index contributed by atoms with van der Waals surface area (Å²) in [5, 5.41) is 18.8. The van der Waals surface area contributed by atoms with Crippen molar-refractivity contribution in [2.75, 3.05) is 5.73 Å². The molecule has 2 rings (SSSR count). The lowest BCUT2D eigenvalue weighted by Gasteiger charge is -2.32. The van der Waals surface area contributed by atoms with E-state index >= 15 is 0 Å². The van der Waals surface area contributed by atoms with Crippen molar-refractivity contribution < 1.29 is 19.8 Å². The fraction of sp³-hybridized carbons (Fsp3) is 0.500. The number of carboxylic acid groups (broad SMARTS) is 2. The predicted molar refractivity (Wildman–Crippen MR) is 68.1 cm³/mol. The van der Waals surface area contributed by atoms with Crippen molar-refractivity contribution in [3.05, 3.63) is 16.0 Å². The third kappa shape index (κ3) is 1.77. The van der Waals surface area contributed by atoms with Gasteiger partial charge in [-0.2, -0.15) is 0 Å². The van der Waals surface area contributed by atoms with E-state index in [9.17, 15) is 14.7 Å². The Balaban J connectivity index is 2.46. The molecule has 1 unspecified atom stereocenters. The van der Waals surface area contributed by atoms with Gasteiger partial charge in [0.2, 0.25) is 0 Å². The maximum Gasteiger partial charge on any atom is 0.338 e. The molecule has 1 aliphatic rings. The number of rotatable bonds is 3. The minimum Gasteiger partial charge on any atom is -0.481 e. The maximum absolute atomic E-state index is 11.4. The second-order valence-electron chi connectivity index (χ2n) is 4.66. The summed E-state index contributed by atoms with van der Waals surface area (Å²) < 4.78 is 0. The number of hydrogen-bond donors (Lipinski definition) is 3. The molecule has 0 radical (unpaired) electrons. The Hall–Kier alpha value is -1.56. The van der Waals surface area contributed by atoms with Gasteiger partial charge in [-0.05, 0) is 31.2 Å². The molecule has 1 aromatic heterocycles. The number of aliphatic carboxylic acids is 1. The Kier molecular flexibility index (Phi) is 3.06. The molecule has 1 aliphatic carbocycles. The van der Waals surface area contributed by atoms with E-state index in [1.807, 2.05) is 6.92 Å². The van der Waals surface area contributed by atoms with Crippen LogP contribution < -0.4 is 5.73 Å². The summed E-state index contributed by atoms with van der Waals surface area (Å²) in [7, 11) is 0. The van der Waals surface area contributed by atoms with E-state index in [4.69, 9.17) is 10.8 Å². The smallest absolute Gasteiger partial charge is 0.338 e. The molecular formula is C12H15NO4S. The van der Waals surface area contributed by atoms with Gasteiger partial charge in [0, 0.05) is 4.88 Å². The zero-order valence-corrected chi connectivity index (χ0v) is 10.8. The van der Waals surface area contributed by atoms with E-state index in [0.717, 1.165) is 10.4 Å². The Morgan fingerprint density at radius 1 is 1.44 bits per heavy atom. The van der Waals surface area contributed by atoms with Gasteiger partial charge in [0.1, 0.15) is 5.00 Å². The Labute approximate surface area is 108 Å². The molecule has 98 valence electrons. The van der Waals surface area contributed by atoms with E-state index in [1.165, 1.54) is 11.3 Å². The number of carboxylic acids is 2. The van der Waals surface area contributed by atoms with Gasteiger partial charge in [-0.25, -0.2) is 4.79 Å². The molecule has 0 fully saturated rings. The molecule has 5 nitrogen and oxygen atoms in total. The SMILES string of the molecule is CCC1(C(=O)O)CCc2c(sc(N)c2C(=O)O)C1. The number of thiophene rings is 1.